The lowest BCUT2D eigenvalue weighted by molar-refractivity contribution is 0.805. The molecule has 114 valence electrons. The minimum atomic E-state index is 0.758. The SMILES string of the molecule is c1ccc(-c2csc3ncnc(-n4nnc5ccccc54)c23)cc1. The van der Waals surface area contributed by atoms with E-state index in [-0.39, 0.29) is 0 Å². The van der Waals surface area contributed by atoms with Gasteiger partial charge in [-0.05, 0) is 17.7 Å². The van der Waals surface area contributed by atoms with Crippen molar-refractivity contribution < 1.29 is 0 Å². The second-order valence-corrected chi connectivity index (χ2v) is 6.24. The second kappa shape index (κ2) is 5.21. The third kappa shape index (κ3) is 1.93. The van der Waals surface area contributed by atoms with Gasteiger partial charge in [0.2, 0.25) is 0 Å². The molecule has 5 nitrogen and oxygen atoms in total. The Morgan fingerprint density at radius 2 is 1.71 bits per heavy atom. The van der Waals surface area contributed by atoms with E-state index in [0.29, 0.717) is 0 Å². The van der Waals surface area contributed by atoms with Crippen molar-refractivity contribution in [1.82, 2.24) is 25.0 Å². The van der Waals surface area contributed by atoms with Gasteiger partial charge in [0.05, 0.1) is 10.9 Å². The van der Waals surface area contributed by atoms with Crippen LogP contribution in [-0.4, -0.2) is 25.0 Å². The van der Waals surface area contributed by atoms with E-state index < -0.39 is 0 Å². The summed E-state index contributed by atoms with van der Waals surface area (Å²) in [5.74, 6) is 0.758. The van der Waals surface area contributed by atoms with E-state index in [2.05, 4.69) is 37.8 Å². The first-order chi connectivity index (χ1) is 11.9. The van der Waals surface area contributed by atoms with Crippen LogP contribution in [0.15, 0.2) is 66.3 Å². The lowest BCUT2D eigenvalue weighted by Gasteiger charge is -2.05. The Morgan fingerprint density at radius 3 is 2.62 bits per heavy atom. The van der Waals surface area contributed by atoms with Gasteiger partial charge in [0.15, 0.2) is 5.82 Å². The zero-order chi connectivity index (χ0) is 15.9. The van der Waals surface area contributed by atoms with Crippen molar-refractivity contribution in [3.8, 4) is 16.9 Å². The van der Waals surface area contributed by atoms with Crippen LogP contribution in [0, 0.1) is 0 Å². The van der Waals surface area contributed by atoms with Crippen LogP contribution >= 0.6 is 11.3 Å². The predicted octanol–water partition coefficient (Wildman–Crippen LogP) is 4.09. The zero-order valence-electron chi connectivity index (χ0n) is 12.5. The molecule has 0 saturated heterocycles. The first-order valence-corrected chi connectivity index (χ1v) is 8.38. The molecule has 0 saturated carbocycles. The molecule has 0 aliphatic rings. The van der Waals surface area contributed by atoms with Gasteiger partial charge in [0.25, 0.3) is 0 Å². The predicted molar refractivity (Wildman–Crippen MR) is 95.3 cm³/mol. The normalized spacial score (nSPS) is 11.3. The number of aromatic nitrogens is 5. The van der Waals surface area contributed by atoms with Crippen LogP contribution in [0.2, 0.25) is 0 Å². The Bertz CT molecular complexity index is 1160. The number of fused-ring (bicyclic) bond motifs is 2. The molecule has 24 heavy (non-hydrogen) atoms. The molecule has 0 atom stereocenters. The average molecular weight is 329 g/mol. The van der Waals surface area contributed by atoms with Gasteiger partial charge in [0.1, 0.15) is 16.7 Å². The molecule has 0 N–H and O–H groups in total. The molecule has 3 aromatic heterocycles. The molecule has 2 aromatic carbocycles. The van der Waals surface area contributed by atoms with Crippen LogP contribution < -0.4 is 0 Å². The molecule has 3 heterocycles. The summed E-state index contributed by atoms with van der Waals surface area (Å²) < 4.78 is 1.79. The maximum atomic E-state index is 4.51. The summed E-state index contributed by atoms with van der Waals surface area (Å²) in [6.45, 7) is 0. The van der Waals surface area contributed by atoms with Crippen molar-refractivity contribution in [3.05, 3.63) is 66.3 Å². The van der Waals surface area contributed by atoms with E-state index in [1.165, 1.54) is 0 Å². The van der Waals surface area contributed by atoms with Crippen molar-refractivity contribution >= 4 is 32.6 Å². The molecular formula is C18H11N5S. The molecule has 5 rings (SSSR count). The number of nitrogens with zero attached hydrogens (tertiary/aromatic N) is 5. The van der Waals surface area contributed by atoms with Gasteiger partial charge in [0, 0.05) is 10.9 Å². The highest BCUT2D eigenvalue weighted by Crippen LogP contribution is 2.35. The van der Waals surface area contributed by atoms with Crippen molar-refractivity contribution in [2.45, 2.75) is 0 Å². The van der Waals surface area contributed by atoms with Gasteiger partial charge in [-0.1, -0.05) is 47.7 Å². The summed E-state index contributed by atoms with van der Waals surface area (Å²) in [5.41, 5.74) is 4.04. The third-order valence-electron chi connectivity index (χ3n) is 3.99. The van der Waals surface area contributed by atoms with E-state index in [0.717, 1.165) is 38.2 Å². The monoisotopic (exact) mass is 329 g/mol. The van der Waals surface area contributed by atoms with Gasteiger partial charge in [-0.3, -0.25) is 0 Å². The van der Waals surface area contributed by atoms with Crippen molar-refractivity contribution in [3.63, 3.8) is 0 Å². The molecule has 0 spiro atoms. The topological polar surface area (TPSA) is 56.5 Å². The number of hydrogen-bond acceptors (Lipinski definition) is 5. The van der Waals surface area contributed by atoms with Gasteiger partial charge in [-0.15, -0.1) is 16.4 Å². The lowest BCUT2D eigenvalue weighted by atomic mass is 10.1. The van der Waals surface area contributed by atoms with Crippen molar-refractivity contribution in [2.75, 3.05) is 0 Å². The summed E-state index contributed by atoms with van der Waals surface area (Å²) in [5, 5.41) is 11.7. The molecule has 0 unspecified atom stereocenters. The highest BCUT2D eigenvalue weighted by molar-refractivity contribution is 7.17. The second-order valence-electron chi connectivity index (χ2n) is 5.38. The van der Waals surface area contributed by atoms with E-state index in [4.69, 9.17) is 0 Å². The summed E-state index contributed by atoms with van der Waals surface area (Å²) >= 11 is 1.61. The molecule has 5 aromatic rings. The fourth-order valence-electron chi connectivity index (χ4n) is 2.88. The van der Waals surface area contributed by atoms with Crippen molar-refractivity contribution in [1.29, 1.82) is 0 Å². The highest BCUT2D eigenvalue weighted by atomic mass is 32.1. The first-order valence-electron chi connectivity index (χ1n) is 7.50. The standard InChI is InChI=1S/C18H11N5S/c1-2-6-12(7-3-1)13-10-24-18-16(13)17(19-11-20-18)23-15-9-5-4-8-14(15)21-22-23/h1-11H. The third-order valence-corrected chi connectivity index (χ3v) is 4.87. The van der Waals surface area contributed by atoms with Crippen molar-refractivity contribution in [2.24, 2.45) is 0 Å². The van der Waals surface area contributed by atoms with E-state index in [9.17, 15) is 0 Å². The van der Waals surface area contributed by atoms with Crippen LogP contribution in [0.3, 0.4) is 0 Å². The summed E-state index contributed by atoms with van der Waals surface area (Å²) in [4.78, 5) is 9.88. The van der Waals surface area contributed by atoms with Crippen LogP contribution in [-0.2, 0) is 0 Å². The number of rotatable bonds is 2. The lowest BCUT2D eigenvalue weighted by Crippen LogP contribution is -2.01. The number of thiophene rings is 1. The van der Waals surface area contributed by atoms with E-state index >= 15 is 0 Å². The summed E-state index contributed by atoms with van der Waals surface area (Å²) in [6, 6.07) is 18.2. The molecule has 0 fully saturated rings. The number of para-hydroxylation sites is 1. The smallest absolute Gasteiger partial charge is 0.168 e. The summed E-state index contributed by atoms with van der Waals surface area (Å²) in [7, 11) is 0. The minimum absolute atomic E-state index is 0.758. The molecular weight excluding hydrogens is 318 g/mol. The quantitative estimate of drug-likeness (QED) is 0.489. The Labute approximate surface area is 141 Å². The van der Waals surface area contributed by atoms with Crippen LogP contribution in [0.25, 0.3) is 38.2 Å². The van der Waals surface area contributed by atoms with Gasteiger partial charge in [-0.25, -0.2) is 9.97 Å². The average Bonchev–Trinajstić information content (AvgIpc) is 3.27. The Morgan fingerprint density at radius 1 is 0.875 bits per heavy atom. The fraction of sp³-hybridized carbons (Fsp3) is 0. The van der Waals surface area contributed by atoms with Crippen LogP contribution in [0.5, 0.6) is 0 Å². The van der Waals surface area contributed by atoms with Crippen LogP contribution in [0.4, 0.5) is 0 Å². The Hall–Kier alpha value is -3.12. The fourth-order valence-corrected chi connectivity index (χ4v) is 3.79. The van der Waals surface area contributed by atoms with E-state index in [1.54, 1.807) is 22.3 Å². The minimum Gasteiger partial charge on any atom is -0.225 e. The Kier molecular flexibility index (Phi) is 2.89. The van der Waals surface area contributed by atoms with Gasteiger partial charge in [-0.2, -0.15) is 4.68 Å². The molecule has 0 amide bonds. The molecule has 0 aliphatic heterocycles. The van der Waals surface area contributed by atoms with Crippen LogP contribution in [0.1, 0.15) is 0 Å². The van der Waals surface area contributed by atoms with Gasteiger partial charge < -0.3 is 0 Å². The molecule has 0 bridgehead atoms. The number of benzene rings is 2. The maximum Gasteiger partial charge on any atom is 0.168 e. The first kappa shape index (κ1) is 13.3. The number of hydrogen-bond donors (Lipinski definition) is 0. The van der Waals surface area contributed by atoms with Gasteiger partial charge >= 0.3 is 0 Å². The Balaban J connectivity index is 1.85. The molecule has 0 radical (unpaired) electrons. The van der Waals surface area contributed by atoms with E-state index in [1.807, 2.05) is 42.5 Å². The zero-order valence-corrected chi connectivity index (χ0v) is 13.3. The highest BCUT2D eigenvalue weighted by Gasteiger charge is 2.16. The molecule has 0 aliphatic carbocycles. The maximum absolute atomic E-state index is 4.51. The largest absolute Gasteiger partial charge is 0.225 e. The molecule has 6 heteroatoms. The summed E-state index contributed by atoms with van der Waals surface area (Å²) in [6.07, 6.45) is 1.58.